The van der Waals surface area contributed by atoms with E-state index in [0.717, 1.165) is 6.42 Å². The minimum atomic E-state index is 0.0543. The summed E-state index contributed by atoms with van der Waals surface area (Å²) in [6.07, 6.45) is 3.91. The first-order chi connectivity index (χ1) is 6.67. The second-order valence-electron chi connectivity index (χ2n) is 4.67. The van der Waals surface area contributed by atoms with Gasteiger partial charge < -0.3 is 4.74 Å². The maximum Gasteiger partial charge on any atom is 0.0832 e. The first-order valence-electron chi connectivity index (χ1n) is 5.40. The fraction of sp³-hybridized carbons (Fsp3) is 0.538. The molecular weight excluding hydrogens is 172 g/mol. The van der Waals surface area contributed by atoms with Gasteiger partial charge in [0.05, 0.1) is 11.7 Å². The van der Waals surface area contributed by atoms with E-state index in [2.05, 4.69) is 44.2 Å². The van der Waals surface area contributed by atoms with Gasteiger partial charge in [0.15, 0.2) is 0 Å². The number of hydrogen-bond acceptors (Lipinski definition) is 1. The number of rotatable bonds is 1. The Kier molecular flexibility index (Phi) is 2.60. The van der Waals surface area contributed by atoms with Crippen LogP contribution >= 0.6 is 0 Å². The van der Waals surface area contributed by atoms with Crippen LogP contribution in [0.2, 0.25) is 0 Å². The molecule has 1 heteroatoms. The molecule has 0 saturated carbocycles. The monoisotopic (exact) mass is 190 g/mol. The van der Waals surface area contributed by atoms with Crippen molar-refractivity contribution in [2.45, 2.75) is 44.8 Å². The van der Waals surface area contributed by atoms with Gasteiger partial charge in [-0.25, -0.2) is 0 Å². The van der Waals surface area contributed by atoms with E-state index in [1.165, 1.54) is 18.4 Å². The molecule has 1 nitrogen and oxygen atoms in total. The fourth-order valence-electron chi connectivity index (χ4n) is 2.12. The maximum atomic E-state index is 6.06. The van der Waals surface area contributed by atoms with Crippen molar-refractivity contribution < 1.29 is 4.74 Å². The highest BCUT2D eigenvalue weighted by Crippen LogP contribution is 2.36. The molecule has 1 aromatic carbocycles. The highest BCUT2D eigenvalue weighted by molar-refractivity contribution is 5.18. The first kappa shape index (κ1) is 9.72. The molecule has 1 saturated heterocycles. The maximum absolute atomic E-state index is 6.06. The molecule has 0 amide bonds. The number of ether oxygens (including phenoxy) is 1. The molecule has 0 spiro atoms. The SMILES string of the molecule is CC1(C)CCCC(c2ccccc2)O1. The highest BCUT2D eigenvalue weighted by Gasteiger charge is 2.28. The van der Waals surface area contributed by atoms with Crippen LogP contribution in [0.3, 0.4) is 0 Å². The Morgan fingerprint density at radius 1 is 1.21 bits per heavy atom. The minimum absolute atomic E-state index is 0.0543. The normalized spacial score (nSPS) is 26.0. The Morgan fingerprint density at radius 3 is 2.57 bits per heavy atom. The average Bonchev–Trinajstić information content (AvgIpc) is 2.18. The zero-order valence-corrected chi connectivity index (χ0v) is 8.99. The topological polar surface area (TPSA) is 9.23 Å². The second-order valence-corrected chi connectivity index (χ2v) is 4.67. The molecule has 1 unspecified atom stereocenters. The summed E-state index contributed by atoms with van der Waals surface area (Å²) in [6, 6.07) is 10.5. The van der Waals surface area contributed by atoms with Gasteiger partial charge in [0.25, 0.3) is 0 Å². The number of benzene rings is 1. The molecule has 0 aliphatic carbocycles. The van der Waals surface area contributed by atoms with Crippen LogP contribution in [0, 0.1) is 0 Å². The van der Waals surface area contributed by atoms with Crippen LogP contribution in [0.25, 0.3) is 0 Å². The molecule has 1 aliphatic heterocycles. The van der Waals surface area contributed by atoms with E-state index in [9.17, 15) is 0 Å². The van der Waals surface area contributed by atoms with Gasteiger partial charge in [0.1, 0.15) is 0 Å². The first-order valence-corrected chi connectivity index (χ1v) is 5.40. The molecular formula is C13H18O. The Hall–Kier alpha value is -0.820. The molecule has 0 bridgehead atoms. The number of hydrogen-bond donors (Lipinski definition) is 0. The molecule has 2 rings (SSSR count). The van der Waals surface area contributed by atoms with Crippen LogP contribution in [0.15, 0.2) is 30.3 Å². The van der Waals surface area contributed by atoms with Crippen LogP contribution in [0.4, 0.5) is 0 Å². The lowest BCUT2D eigenvalue weighted by molar-refractivity contribution is -0.109. The van der Waals surface area contributed by atoms with Gasteiger partial charge in [-0.15, -0.1) is 0 Å². The third-order valence-corrected chi connectivity index (χ3v) is 2.88. The van der Waals surface area contributed by atoms with Crippen molar-refractivity contribution in [1.82, 2.24) is 0 Å². The summed E-state index contributed by atoms with van der Waals surface area (Å²) >= 11 is 0. The molecule has 1 atom stereocenters. The van der Waals surface area contributed by atoms with Crippen LogP contribution in [-0.2, 0) is 4.74 Å². The largest absolute Gasteiger partial charge is 0.368 e. The molecule has 1 fully saturated rings. The van der Waals surface area contributed by atoms with E-state index in [0.29, 0.717) is 6.10 Å². The molecule has 0 N–H and O–H groups in total. The lowest BCUT2D eigenvalue weighted by Crippen LogP contribution is -2.30. The Balaban J connectivity index is 2.12. The summed E-state index contributed by atoms with van der Waals surface area (Å²) in [5.41, 5.74) is 1.37. The van der Waals surface area contributed by atoms with Crippen LogP contribution in [0.1, 0.15) is 44.8 Å². The quantitative estimate of drug-likeness (QED) is 0.656. The fourth-order valence-corrected chi connectivity index (χ4v) is 2.12. The van der Waals surface area contributed by atoms with Gasteiger partial charge in [-0.05, 0) is 38.7 Å². The molecule has 0 aromatic heterocycles. The van der Waals surface area contributed by atoms with E-state index < -0.39 is 0 Å². The van der Waals surface area contributed by atoms with Crippen molar-refractivity contribution in [3.8, 4) is 0 Å². The summed E-state index contributed by atoms with van der Waals surface area (Å²) in [5.74, 6) is 0. The van der Waals surface area contributed by atoms with Crippen molar-refractivity contribution in [3.63, 3.8) is 0 Å². The summed E-state index contributed by atoms with van der Waals surface area (Å²) in [4.78, 5) is 0. The van der Waals surface area contributed by atoms with E-state index in [4.69, 9.17) is 4.74 Å². The van der Waals surface area contributed by atoms with Gasteiger partial charge >= 0.3 is 0 Å². The van der Waals surface area contributed by atoms with E-state index in [1.54, 1.807) is 0 Å². The Bertz CT molecular complexity index is 289. The van der Waals surface area contributed by atoms with Crippen LogP contribution < -0.4 is 0 Å². The summed E-state index contributed by atoms with van der Waals surface area (Å²) < 4.78 is 6.06. The lowest BCUT2D eigenvalue weighted by atomic mass is 9.92. The van der Waals surface area contributed by atoms with Crippen molar-refractivity contribution in [2.75, 3.05) is 0 Å². The van der Waals surface area contributed by atoms with Gasteiger partial charge in [-0.1, -0.05) is 30.3 Å². The van der Waals surface area contributed by atoms with Gasteiger partial charge in [0.2, 0.25) is 0 Å². The van der Waals surface area contributed by atoms with E-state index >= 15 is 0 Å². The summed E-state index contributed by atoms with van der Waals surface area (Å²) in [5, 5.41) is 0. The van der Waals surface area contributed by atoms with Crippen LogP contribution in [-0.4, -0.2) is 5.60 Å². The molecule has 76 valence electrons. The summed E-state index contributed by atoms with van der Waals surface area (Å²) in [7, 11) is 0. The van der Waals surface area contributed by atoms with Crippen LogP contribution in [0.5, 0.6) is 0 Å². The minimum Gasteiger partial charge on any atom is -0.368 e. The van der Waals surface area contributed by atoms with Gasteiger partial charge in [-0.2, -0.15) is 0 Å². The highest BCUT2D eigenvalue weighted by atomic mass is 16.5. The Labute approximate surface area is 86.1 Å². The molecule has 1 aromatic rings. The standard InChI is InChI=1S/C13H18O/c1-13(2)10-6-9-12(14-13)11-7-4-3-5-8-11/h3-5,7-8,12H,6,9-10H2,1-2H3. The predicted molar refractivity (Wildman–Crippen MR) is 58.2 cm³/mol. The van der Waals surface area contributed by atoms with E-state index in [-0.39, 0.29) is 5.60 Å². The van der Waals surface area contributed by atoms with Gasteiger partial charge in [0, 0.05) is 0 Å². The average molecular weight is 190 g/mol. The zero-order chi connectivity index (χ0) is 10.0. The summed E-state index contributed by atoms with van der Waals surface area (Å²) in [6.45, 7) is 4.37. The smallest absolute Gasteiger partial charge is 0.0832 e. The van der Waals surface area contributed by atoms with Crippen molar-refractivity contribution in [1.29, 1.82) is 0 Å². The lowest BCUT2D eigenvalue weighted by Gasteiger charge is -2.36. The van der Waals surface area contributed by atoms with E-state index in [1.807, 2.05) is 0 Å². The molecule has 0 radical (unpaired) electrons. The molecule has 14 heavy (non-hydrogen) atoms. The Morgan fingerprint density at radius 2 is 1.93 bits per heavy atom. The molecule has 1 heterocycles. The molecule has 1 aliphatic rings. The third-order valence-electron chi connectivity index (χ3n) is 2.88. The van der Waals surface area contributed by atoms with Crippen molar-refractivity contribution >= 4 is 0 Å². The zero-order valence-electron chi connectivity index (χ0n) is 8.99. The van der Waals surface area contributed by atoms with Crippen molar-refractivity contribution in [3.05, 3.63) is 35.9 Å². The van der Waals surface area contributed by atoms with Crippen molar-refractivity contribution in [2.24, 2.45) is 0 Å². The second kappa shape index (κ2) is 3.74. The third kappa shape index (κ3) is 2.16. The van der Waals surface area contributed by atoms with Gasteiger partial charge in [-0.3, -0.25) is 0 Å². The predicted octanol–water partition coefficient (Wildman–Crippen LogP) is 3.71.